The van der Waals surface area contributed by atoms with Gasteiger partial charge in [0.15, 0.2) is 0 Å². The Hall–Kier alpha value is -0.870. The summed E-state index contributed by atoms with van der Waals surface area (Å²) in [6.45, 7) is 7.31. The van der Waals surface area contributed by atoms with E-state index in [-0.39, 0.29) is 0 Å². The second-order valence-electron chi connectivity index (χ2n) is 5.36. The lowest BCUT2D eigenvalue weighted by molar-refractivity contribution is 0.193. The lowest BCUT2D eigenvalue weighted by Crippen LogP contribution is -2.31. The third kappa shape index (κ3) is 5.84. The van der Waals surface area contributed by atoms with Crippen LogP contribution in [0.1, 0.15) is 25.8 Å². The van der Waals surface area contributed by atoms with E-state index < -0.39 is 0 Å². The molecule has 4 nitrogen and oxygen atoms in total. The van der Waals surface area contributed by atoms with Gasteiger partial charge in [-0.1, -0.05) is 13.8 Å². The highest BCUT2D eigenvalue weighted by Crippen LogP contribution is 2.21. The fourth-order valence-electron chi connectivity index (χ4n) is 1.77. The molecule has 0 aliphatic rings. The summed E-state index contributed by atoms with van der Waals surface area (Å²) in [5.74, 6) is 0. The smallest absolute Gasteiger partial charge is 0.0587 e. The second-order valence-corrected chi connectivity index (χ2v) is 5.36. The molecule has 0 atom stereocenters. The maximum atomic E-state index is 5.02. The van der Waals surface area contributed by atoms with E-state index in [4.69, 9.17) is 4.74 Å². The van der Waals surface area contributed by atoms with Gasteiger partial charge in [-0.3, -0.25) is 4.68 Å². The highest BCUT2D eigenvalue weighted by molar-refractivity contribution is 5.04. The Morgan fingerprint density at radius 2 is 2.24 bits per heavy atom. The maximum absolute atomic E-state index is 5.02. The van der Waals surface area contributed by atoms with E-state index in [2.05, 4.69) is 30.5 Å². The van der Waals surface area contributed by atoms with Crippen molar-refractivity contribution >= 4 is 0 Å². The first-order valence-electron chi connectivity index (χ1n) is 6.21. The Labute approximate surface area is 104 Å². The van der Waals surface area contributed by atoms with Crippen LogP contribution in [0.25, 0.3) is 0 Å². The fraction of sp³-hybridized carbons (Fsp3) is 0.769. The topological polar surface area (TPSA) is 39.1 Å². The number of hydrogen-bond acceptors (Lipinski definition) is 3. The lowest BCUT2D eigenvalue weighted by atomic mass is 9.86. The molecule has 0 fully saturated rings. The summed E-state index contributed by atoms with van der Waals surface area (Å²) in [5, 5.41) is 7.61. The van der Waals surface area contributed by atoms with E-state index in [0.29, 0.717) is 5.41 Å². The van der Waals surface area contributed by atoms with Crippen LogP contribution in [0.2, 0.25) is 0 Å². The summed E-state index contributed by atoms with van der Waals surface area (Å²) in [7, 11) is 3.69. The number of methoxy groups -OCH3 is 1. The average molecular weight is 239 g/mol. The Morgan fingerprint density at radius 1 is 1.47 bits per heavy atom. The normalized spacial score (nSPS) is 12.0. The lowest BCUT2D eigenvalue weighted by Gasteiger charge is -2.24. The second kappa shape index (κ2) is 6.77. The van der Waals surface area contributed by atoms with E-state index >= 15 is 0 Å². The predicted octanol–water partition coefficient (Wildman–Crippen LogP) is 1.61. The van der Waals surface area contributed by atoms with Crippen LogP contribution in [0.3, 0.4) is 0 Å². The Balaban J connectivity index is 2.24. The minimum atomic E-state index is 0.309. The maximum Gasteiger partial charge on any atom is 0.0587 e. The molecule has 0 saturated carbocycles. The van der Waals surface area contributed by atoms with Crippen LogP contribution in [-0.2, 0) is 18.2 Å². The average Bonchev–Trinajstić information content (AvgIpc) is 2.68. The first kappa shape index (κ1) is 14.2. The highest BCUT2D eigenvalue weighted by atomic mass is 16.5. The first-order chi connectivity index (χ1) is 8.03. The first-order valence-corrected chi connectivity index (χ1v) is 6.21. The molecule has 0 unspecified atom stereocenters. The molecule has 4 heteroatoms. The van der Waals surface area contributed by atoms with Gasteiger partial charge in [-0.05, 0) is 23.8 Å². The Bertz CT molecular complexity index is 320. The molecule has 1 N–H and O–H groups in total. The van der Waals surface area contributed by atoms with Crippen LogP contribution >= 0.6 is 0 Å². The summed E-state index contributed by atoms with van der Waals surface area (Å²) < 4.78 is 6.88. The fourth-order valence-corrected chi connectivity index (χ4v) is 1.77. The zero-order valence-electron chi connectivity index (χ0n) is 11.5. The molecule has 0 bridgehead atoms. The summed E-state index contributed by atoms with van der Waals surface area (Å²) in [5.41, 5.74) is 1.63. The minimum absolute atomic E-state index is 0.309. The van der Waals surface area contributed by atoms with Crippen molar-refractivity contribution in [1.29, 1.82) is 0 Å². The zero-order valence-corrected chi connectivity index (χ0v) is 11.5. The molecule has 1 heterocycles. The number of nitrogens with one attached hydrogen (secondary N) is 1. The molecular weight excluding hydrogens is 214 g/mol. The molecule has 0 aliphatic heterocycles. The van der Waals surface area contributed by atoms with Crippen LogP contribution in [0, 0.1) is 5.41 Å². The van der Waals surface area contributed by atoms with Gasteiger partial charge in [0.05, 0.1) is 12.8 Å². The van der Waals surface area contributed by atoms with Crippen molar-refractivity contribution in [2.24, 2.45) is 12.5 Å². The summed E-state index contributed by atoms with van der Waals surface area (Å²) in [4.78, 5) is 0. The third-order valence-electron chi connectivity index (χ3n) is 2.94. The standard InChI is InChI=1S/C13H25N3O/c1-13(2,11-14-7-8-17-4)6-5-12-9-15-16(3)10-12/h9-10,14H,5-8,11H2,1-4H3. The molecule has 1 rings (SSSR count). The largest absolute Gasteiger partial charge is 0.383 e. The van der Waals surface area contributed by atoms with Gasteiger partial charge in [-0.15, -0.1) is 0 Å². The minimum Gasteiger partial charge on any atom is -0.383 e. The van der Waals surface area contributed by atoms with Gasteiger partial charge in [-0.2, -0.15) is 5.10 Å². The zero-order chi connectivity index (χ0) is 12.7. The summed E-state index contributed by atoms with van der Waals surface area (Å²) in [6.07, 6.45) is 6.30. The van der Waals surface area contributed by atoms with E-state index in [9.17, 15) is 0 Å². The molecule has 1 aromatic rings. The molecule has 1 aromatic heterocycles. The third-order valence-corrected chi connectivity index (χ3v) is 2.94. The molecule has 0 amide bonds. The van der Waals surface area contributed by atoms with Crippen molar-refractivity contribution in [2.45, 2.75) is 26.7 Å². The van der Waals surface area contributed by atoms with Crippen molar-refractivity contribution in [2.75, 3.05) is 26.8 Å². The number of rotatable bonds is 8. The molecule has 0 spiro atoms. The van der Waals surface area contributed by atoms with E-state index in [1.807, 2.05) is 17.9 Å². The Kier molecular flexibility index (Phi) is 5.65. The van der Waals surface area contributed by atoms with E-state index in [0.717, 1.165) is 26.1 Å². The van der Waals surface area contributed by atoms with Gasteiger partial charge in [0.1, 0.15) is 0 Å². The monoisotopic (exact) mass is 239 g/mol. The molecule has 0 aromatic carbocycles. The van der Waals surface area contributed by atoms with Gasteiger partial charge in [-0.25, -0.2) is 0 Å². The van der Waals surface area contributed by atoms with Crippen LogP contribution in [-0.4, -0.2) is 36.6 Å². The number of aryl methyl sites for hydroxylation is 2. The van der Waals surface area contributed by atoms with Crippen molar-refractivity contribution in [3.05, 3.63) is 18.0 Å². The van der Waals surface area contributed by atoms with Crippen LogP contribution in [0.4, 0.5) is 0 Å². The van der Waals surface area contributed by atoms with Gasteiger partial charge < -0.3 is 10.1 Å². The molecule has 98 valence electrons. The van der Waals surface area contributed by atoms with E-state index in [1.165, 1.54) is 12.0 Å². The van der Waals surface area contributed by atoms with Crippen molar-refractivity contribution in [1.82, 2.24) is 15.1 Å². The van der Waals surface area contributed by atoms with E-state index in [1.54, 1.807) is 7.11 Å². The number of aromatic nitrogens is 2. The molecule has 17 heavy (non-hydrogen) atoms. The molecule has 0 saturated heterocycles. The van der Waals surface area contributed by atoms with Crippen LogP contribution in [0.15, 0.2) is 12.4 Å². The molecule has 0 radical (unpaired) electrons. The predicted molar refractivity (Wildman–Crippen MR) is 70.1 cm³/mol. The number of hydrogen-bond donors (Lipinski definition) is 1. The van der Waals surface area contributed by atoms with Crippen molar-refractivity contribution in [3.8, 4) is 0 Å². The quantitative estimate of drug-likeness (QED) is 0.701. The summed E-state index contributed by atoms with van der Waals surface area (Å²) >= 11 is 0. The van der Waals surface area contributed by atoms with Gasteiger partial charge in [0.2, 0.25) is 0 Å². The SMILES string of the molecule is COCCNCC(C)(C)CCc1cnn(C)c1. The van der Waals surface area contributed by atoms with Crippen LogP contribution < -0.4 is 5.32 Å². The molecule has 0 aliphatic carbocycles. The van der Waals surface area contributed by atoms with Crippen LogP contribution in [0.5, 0.6) is 0 Å². The van der Waals surface area contributed by atoms with Crippen molar-refractivity contribution < 1.29 is 4.74 Å². The number of nitrogens with zero attached hydrogens (tertiary/aromatic N) is 2. The number of ether oxygens (including phenoxy) is 1. The highest BCUT2D eigenvalue weighted by Gasteiger charge is 2.17. The van der Waals surface area contributed by atoms with Crippen molar-refractivity contribution in [3.63, 3.8) is 0 Å². The molecular formula is C13H25N3O. The van der Waals surface area contributed by atoms with Gasteiger partial charge in [0.25, 0.3) is 0 Å². The van der Waals surface area contributed by atoms with Gasteiger partial charge >= 0.3 is 0 Å². The summed E-state index contributed by atoms with van der Waals surface area (Å²) in [6, 6.07) is 0. The Morgan fingerprint density at radius 3 is 2.82 bits per heavy atom. The van der Waals surface area contributed by atoms with Gasteiger partial charge in [0, 0.05) is 33.4 Å².